The fourth-order valence-corrected chi connectivity index (χ4v) is 3.84. The van der Waals surface area contributed by atoms with Crippen LogP contribution in [0.2, 0.25) is 0 Å². The number of ether oxygens (including phenoxy) is 1. The molecule has 0 saturated carbocycles. The molecule has 1 heterocycles. The van der Waals surface area contributed by atoms with E-state index in [0.29, 0.717) is 18.9 Å². The van der Waals surface area contributed by atoms with E-state index in [0.717, 1.165) is 36.1 Å². The molecule has 0 aliphatic heterocycles. The number of nitrogens with one attached hydrogen (secondary N) is 1. The van der Waals surface area contributed by atoms with E-state index in [-0.39, 0.29) is 5.91 Å². The maximum Gasteiger partial charge on any atom is 0.230 e. The molecule has 0 fully saturated rings. The van der Waals surface area contributed by atoms with E-state index < -0.39 is 0 Å². The standard InChI is InChI=1S/C23H28N4O2S/c1-3-18-10-12-20(13-11-18)29-16-21-25-26-23(27(21)4-2)30-17-22(28)24-15-14-19-8-6-5-7-9-19/h5-13H,3-4,14-17H2,1-2H3,(H,24,28). The molecule has 0 unspecified atom stereocenters. The fourth-order valence-electron chi connectivity index (χ4n) is 2.99. The van der Waals surface area contributed by atoms with Crippen LogP contribution in [0.5, 0.6) is 5.75 Å². The van der Waals surface area contributed by atoms with E-state index in [1.165, 1.54) is 22.9 Å². The molecular weight excluding hydrogens is 396 g/mol. The minimum absolute atomic E-state index is 0.00426. The van der Waals surface area contributed by atoms with Gasteiger partial charge in [0.1, 0.15) is 12.4 Å². The second-order valence-electron chi connectivity index (χ2n) is 6.80. The number of hydrogen-bond acceptors (Lipinski definition) is 5. The molecule has 7 heteroatoms. The summed E-state index contributed by atoms with van der Waals surface area (Å²) in [5.41, 5.74) is 2.49. The van der Waals surface area contributed by atoms with E-state index in [1.807, 2.05) is 41.8 Å². The predicted octanol–water partition coefficient (Wildman–Crippen LogP) is 3.89. The van der Waals surface area contributed by atoms with E-state index in [1.54, 1.807) is 0 Å². The number of thioether (sulfide) groups is 1. The summed E-state index contributed by atoms with van der Waals surface area (Å²) in [6, 6.07) is 18.2. The van der Waals surface area contributed by atoms with Crippen molar-refractivity contribution in [1.29, 1.82) is 0 Å². The molecule has 0 aliphatic rings. The molecule has 0 saturated heterocycles. The molecule has 0 atom stereocenters. The molecule has 6 nitrogen and oxygen atoms in total. The van der Waals surface area contributed by atoms with Gasteiger partial charge < -0.3 is 14.6 Å². The van der Waals surface area contributed by atoms with Crippen LogP contribution < -0.4 is 10.1 Å². The number of carbonyl (C=O) groups excluding carboxylic acids is 1. The van der Waals surface area contributed by atoms with Crippen LogP contribution in [0.4, 0.5) is 0 Å². The van der Waals surface area contributed by atoms with Gasteiger partial charge in [-0.3, -0.25) is 4.79 Å². The highest BCUT2D eigenvalue weighted by molar-refractivity contribution is 7.99. The first-order chi connectivity index (χ1) is 14.7. The number of benzene rings is 2. The molecule has 30 heavy (non-hydrogen) atoms. The fraction of sp³-hybridized carbons (Fsp3) is 0.348. The van der Waals surface area contributed by atoms with Crippen molar-refractivity contribution in [2.45, 2.75) is 45.0 Å². The van der Waals surface area contributed by atoms with Crippen LogP contribution in [0.15, 0.2) is 59.8 Å². The summed E-state index contributed by atoms with van der Waals surface area (Å²) in [5, 5.41) is 12.2. The van der Waals surface area contributed by atoms with Gasteiger partial charge in [0, 0.05) is 13.1 Å². The van der Waals surface area contributed by atoms with Crippen LogP contribution >= 0.6 is 11.8 Å². The van der Waals surface area contributed by atoms with Crippen molar-refractivity contribution >= 4 is 17.7 Å². The van der Waals surface area contributed by atoms with Crippen molar-refractivity contribution in [2.24, 2.45) is 0 Å². The normalized spacial score (nSPS) is 10.7. The highest BCUT2D eigenvalue weighted by atomic mass is 32.2. The third kappa shape index (κ3) is 6.35. The molecule has 0 aliphatic carbocycles. The van der Waals surface area contributed by atoms with Gasteiger partial charge in [-0.2, -0.15) is 0 Å². The molecule has 2 aromatic carbocycles. The lowest BCUT2D eigenvalue weighted by Crippen LogP contribution is -2.27. The van der Waals surface area contributed by atoms with Gasteiger partial charge in [0.25, 0.3) is 0 Å². The van der Waals surface area contributed by atoms with Crippen LogP contribution in [-0.2, 0) is 30.8 Å². The summed E-state index contributed by atoms with van der Waals surface area (Å²) >= 11 is 1.40. The SMILES string of the molecule is CCc1ccc(OCc2nnc(SCC(=O)NCCc3ccccc3)n2CC)cc1. The number of rotatable bonds is 11. The smallest absolute Gasteiger partial charge is 0.230 e. The van der Waals surface area contributed by atoms with Gasteiger partial charge in [0.2, 0.25) is 5.91 Å². The molecule has 1 aromatic heterocycles. The zero-order valence-corrected chi connectivity index (χ0v) is 18.3. The number of amides is 1. The van der Waals surface area contributed by atoms with Gasteiger partial charge in [-0.05, 0) is 43.0 Å². The topological polar surface area (TPSA) is 69.0 Å². The summed E-state index contributed by atoms with van der Waals surface area (Å²) in [6.07, 6.45) is 1.83. The Hall–Kier alpha value is -2.80. The highest BCUT2D eigenvalue weighted by Crippen LogP contribution is 2.19. The Bertz CT molecular complexity index is 926. The molecular formula is C23H28N4O2S. The molecule has 0 radical (unpaired) electrons. The van der Waals surface area contributed by atoms with Crippen molar-refractivity contribution in [3.63, 3.8) is 0 Å². The molecule has 0 bridgehead atoms. The van der Waals surface area contributed by atoms with Crippen molar-refractivity contribution in [2.75, 3.05) is 12.3 Å². The third-order valence-electron chi connectivity index (χ3n) is 4.72. The number of hydrogen-bond donors (Lipinski definition) is 1. The third-order valence-corrected chi connectivity index (χ3v) is 5.69. The number of nitrogens with zero attached hydrogens (tertiary/aromatic N) is 3. The van der Waals surface area contributed by atoms with Crippen LogP contribution in [0.3, 0.4) is 0 Å². The molecule has 3 rings (SSSR count). The summed E-state index contributed by atoms with van der Waals surface area (Å²) in [4.78, 5) is 12.2. The lowest BCUT2D eigenvalue weighted by molar-refractivity contribution is -0.118. The second kappa shape index (κ2) is 11.4. The van der Waals surface area contributed by atoms with Gasteiger partial charge in [-0.1, -0.05) is 61.2 Å². The summed E-state index contributed by atoms with van der Waals surface area (Å²) in [7, 11) is 0. The zero-order chi connectivity index (χ0) is 21.2. The molecule has 0 spiro atoms. The second-order valence-corrected chi connectivity index (χ2v) is 7.75. The Morgan fingerprint density at radius 1 is 1.03 bits per heavy atom. The van der Waals surface area contributed by atoms with E-state index in [2.05, 4.69) is 46.7 Å². The average Bonchev–Trinajstić information content (AvgIpc) is 3.19. The lowest BCUT2D eigenvalue weighted by Gasteiger charge is -2.09. The number of carbonyl (C=O) groups is 1. The van der Waals surface area contributed by atoms with E-state index in [9.17, 15) is 4.79 Å². The maximum absolute atomic E-state index is 12.2. The molecule has 158 valence electrons. The van der Waals surface area contributed by atoms with Crippen LogP contribution in [0.25, 0.3) is 0 Å². The summed E-state index contributed by atoms with van der Waals surface area (Å²) in [6.45, 7) is 5.85. The van der Waals surface area contributed by atoms with Gasteiger partial charge in [0.15, 0.2) is 11.0 Å². The lowest BCUT2D eigenvalue weighted by atomic mass is 10.1. The Balaban J connectivity index is 1.46. The Morgan fingerprint density at radius 2 is 1.80 bits per heavy atom. The average molecular weight is 425 g/mol. The Labute approximate surface area is 182 Å². The molecule has 1 amide bonds. The van der Waals surface area contributed by atoms with Gasteiger partial charge in [0.05, 0.1) is 5.75 Å². The van der Waals surface area contributed by atoms with Crippen LogP contribution in [0, 0.1) is 0 Å². The summed E-state index contributed by atoms with van der Waals surface area (Å²) < 4.78 is 7.84. The van der Waals surface area contributed by atoms with E-state index >= 15 is 0 Å². The molecule has 1 N–H and O–H groups in total. The summed E-state index contributed by atoms with van der Waals surface area (Å²) in [5.74, 6) is 1.87. The number of aromatic nitrogens is 3. The van der Waals surface area contributed by atoms with Crippen molar-refractivity contribution < 1.29 is 9.53 Å². The van der Waals surface area contributed by atoms with Crippen LogP contribution in [-0.4, -0.2) is 33.0 Å². The maximum atomic E-state index is 12.2. The van der Waals surface area contributed by atoms with E-state index in [4.69, 9.17) is 4.74 Å². The highest BCUT2D eigenvalue weighted by Gasteiger charge is 2.13. The largest absolute Gasteiger partial charge is 0.486 e. The van der Waals surface area contributed by atoms with Gasteiger partial charge in [-0.15, -0.1) is 10.2 Å². The zero-order valence-electron chi connectivity index (χ0n) is 17.5. The van der Waals surface area contributed by atoms with Gasteiger partial charge >= 0.3 is 0 Å². The van der Waals surface area contributed by atoms with Crippen molar-refractivity contribution in [3.05, 3.63) is 71.5 Å². The van der Waals surface area contributed by atoms with Crippen molar-refractivity contribution in [3.8, 4) is 5.75 Å². The first kappa shape index (κ1) is 21.9. The minimum atomic E-state index is -0.00426. The first-order valence-corrected chi connectivity index (χ1v) is 11.3. The van der Waals surface area contributed by atoms with Crippen LogP contribution in [0.1, 0.15) is 30.8 Å². The Kier molecular flexibility index (Phi) is 8.32. The first-order valence-electron chi connectivity index (χ1n) is 10.3. The molecule has 3 aromatic rings. The van der Waals surface area contributed by atoms with Gasteiger partial charge in [-0.25, -0.2) is 0 Å². The minimum Gasteiger partial charge on any atom is -0.486 e. The van der Waals surface area contributed by atoms with Crippen molar-refractivity contribution in [1.82, 2.24) is 20.1 Å². The number of aryl methyl sites for hydroxylation is 1. The quantitative estimate of drug-likeness (QED) is 0.473. The Morgan fingerprint density at radius 3 is 2.50 bits per heavy atom. The monoisotopic (exact) mass is 424 g/mol. The predicted molar refractivity (Wildman–Crippen MR) is 120 cm³/mol.